The number of rotatable bonds is 6. The van der Waals surface area contributed by atoms with Crippen molar-refractivity contribution in [2.45, 2.75) is 19.1 Å². The first-order valence-electron chi connectivity index (χ1n) is 8.36. The summed E-state index contributed by atoms with van der Waals surface area (Å²) < 4.78 is 7.14. The van der Waals surface area contributed by atoms with Crippen LogP contribution >= 0.6 is 0 Å². The lowest BCUT2D eigenvalue weighted by Gasteiger charge is -2.12. The number of nitrogens with one attached hydrogen (secondary N) is 1. The first-order chi connectivity index (χ1) is 12.7. The van der Waals surface area contributed by atoms with Gasteiger partial charge in [-0.2, -0.15) is 0 Å². The normalized spacial score (nSPS) is 11.8. The molecule has 0 saturated carbocycles. The van der Waals surface area contributed by atoms with Gasteiger partial charge in [0.2, 0.25) is 5.82 Å². The minimum atomic E-state index is -0.213. The van der Waals surface area contributed by atoms with Crippen molar-refractivity contribution < 1.29 is 9.84 Å². The summed E-state index contributed by atoms with van der Waals surface area (Å²) in [6.07, 6.45) is 2.16. The summed E-state index contributed by atoms with van der Waals surface area (Å²) >= 11 is 0. The molecule has 0 bridgehead atoms. The molecule has 2 aromatic heterocycles. The lowest BCUT2D eigenvalue weighted by atomic mass is 10.2. The van der Waals surface area contributed by atoms with Gasteiger partial charge < -0.3 is 19.7 Å². The topological polar surface area (TPSA) is 85.1 Å². The Kier molecular flexibility index (Phi) is 5.79. The number of nitrogens with zero attached hydrogens (tertiary/aromatic N) is 4. The van der Waals surface area contributed by atoms with Crippen LogP contribution in [0.1, 0.15) is 17.8 Å². The third-order valence-electron chi connectivity index (χ3n) is 4.02. The van der Waals surface area contributed by atoms with Crippen LogP contribution in [0.2, 0.25) is 0 Å². The van der Waals surface area contributed by atoms with Crippen molar-refractivity contribution in [2.75, 3.05) is 26.1 Å². The number of aromatic nitrogens is 4. The number of aliphatic hydroxyl groups is 1. The van der Waals surface area contributed by atoms with Crippen LogP contribution < -0.4 is 5.32 Å². The molecule has 0 spiro atoms. The van der Waals surface area contributed by atoms with E-state index in [-0.39, 0.29) is 12.7 Å². The molecule has 2 heterocycles. The van der Waals surface area contributed by atoms with Gasteiger partial charge in [-0.05, 0) is 24.5 Å². The number of hydrogen-bond donors (Lipinski definition) is 2. The molecular formula is C19H21N5O2. The van der Waals surface area contributed by atoms with Crippen LogP contribution in [0.3, 0.4) is 0 Å². The minimum absolute atomic E-state index is 0.0202. The summed E-state index contributed by atoms with van der Waals surface area (Å²) in [7, 11) is 3.38. The number of benzene rings is 1. The van der Waals surface area contributed by atoms with Gasteiger partial charge in [-0.15, -0.1) is 0 Å². The van der Waals surface area contributed by atoms with E-state index in [4.69, 9.17) is 4.74 Å². The highest BCUT2D eigenvalue weighted by molar-refractivity contribution is 5.83. The van der Waals surface area contributed by atoms with Gasteiger partial charge >= 0.3 is 0 Å². The Morgan fingerprint density at radius 2 is 2.04 bits per heavy atom. The van der Waals surface area contributed by atoms with E-state index < -0.39 is 0 Å². The molecule has 0 saturated heterocycles. The van der Waals surface area contributed by atoms with Crippen molar-refractivity contribution in [3.8, 4) is 11.8 Å². The van der Waals surface area contributed by atoms with Crippen LogP contribution in [0.15, 0.2) is 36.7 Å². The zero-order chi connectivity index (χ0) is 18.4. The summed E-state index contributed by atoms with van der Waals surface area (Å²) in [4.78, 5) is 13.4. The van der Waals surface area contributed by atoms with E-state index in [0.29, 0.717) is 35.8 Å². The number of hydrogen-bond acceptors (Lipinski definition) is 6. The van der Waals surface area contributed by atoms with E-state index >= 15 is 0 Å². The Hall–Kier alpha value is -2.95. The third kappa shape index (κ3) is 3.99. The van der Waals surface area contributed by atoms with Crippen molar-refractivity contribution in [3.05, 3.63) is 48.0 Å². The predicted octanol–water partition coefficient (Wildman–Crippen LogP) is 1.67. The first kappa shape index (κ1) is 17.9. The fourth-order valence-electron chi connectivity index (χ4n) is 2.55. The number of aryl methyl sites for hydroxylation is 1. The fraction of sp³-hybridized carbons (Fsp3) is 0.316. The Morgan fingerprint density at radius 3 is 2.73 bits per heavy atom. The number of anilines is 1. The van der Waals surface area contributed by atoms with Gasteiger partial charge in [-0.1, -0.05) is 24.1 Å². The number of imidazole rings is 1. The fourth-order valence-corrected chi connectivity index (χ4v) is 2.55. The highest BCUT2D eigenvalue weighted by Crippen LogP contribution is 2.19. The molecule has 7 nitrogen and oxygen atoms in total. The maximum Gasteiger partial charge on any atom is 0.209 e. The lowest BCUT2D eigenvalue weighted by molar-refractivity contribution is 0.0405. The van der Waals surface area contributed by atoms with Crippen LogP contribution in [-0.4, -0.2) is 51.5 Å². The lowest BCUT2D eigenvalue weighted by Crippen LogP contribution is -2.18. The average molecular weight is 351 g/mol. The highest BCUT2D eigenvalue weighted by Gasteiger charge is 2.13. The second kappa shape index (κ2) is 8.43. The van der Waals surface area contributed by atoms with E-state index in [9.17, 15) is 5.11 Å². The number of aliphatic hydroxyl groups excluding tert-OH is 1. The van der Waals surface area contributed by atoms with Crippen molar-refractivity contribution in [3.63, 3.8) is 0 Å². The van der Waals surface area contributed by atoms with E-state index in [1.54, 1.807) is 20.5 Å². The SMILES string of the molecule is CNc1nc(C#Cc2ccccc2)nc2c1ncn2CCC(CO)OC. The zero-order valence-electron chi connectivity index (χ0n) is 14.8. The monoisotopic (exact) mass is 351 g/mol. The maximum absolute atomic E-state index is 9.27. The summed E-state index contributed by atoms with van der Waals surface area (Å²) in [6.45, 7) is 0.606. The smallest absolute Gasteiger partial charge is 0.209 e. The van der Waals surface area contributed by atoms with Gasteiger partial charge in [-0.3, -0.25) is 0 Å². The third-order valence-corrected chi connectivity index (χ3v) is 4.02. The van der Waals surface area contributed by atoms with Crippen molar-refractivity contribution in [1.82, 2.24) is 19.5 Å². The van der Waals surface area contributed by atoms with Gasteiger partial charge in [-0.25, -0.2) is 15.0 Å². The molecular weight excluding hydrogens is 330 g/mol. The van der Waals surface area contributed by atoms with E-state index in [1.165, 1.54) is 0 Å². The van der Waals surface area contributed by atoms with Gasteiger partial charge in [0, 0.05) is 26.3 Å². The molecule has 7 heteroatoms. The standard InChI is InChI=1S/C19H21N5O2/c1-20-18-17-19(24(13-21-17)11-10-15(12-25)26-2)23-16(22-18)9-8-14-6-4-3-5-7-14/h3-7,13,15,25H,10-12H2,1-2H3,(H,20,22,23). The Balaban J connectivity index is 1.93. The maximum atomic E-state index is 9.27. The largest absolute Gasteiger partial charge is 0.394 e. The summed E-state index contributed by atoms with van der Waals surface area (Å²) in [6, 6.07) is 9.71. The Morgan fingerprint density at radius 1 is 1.23 bits per heavy atom. The molecule has 3 rings (SSSR count). The molecule has 0 amide bonds. The zero-order valence-corrected chi connectivity index (χ0v) is 14.8. The molecule has 0 aliphatic rings. The number of ether oxygens (including phenoxy) is 1. The van der Waals surface area contributed by atoms with Crippen LogP contribution in [0.5, 0.6) is 0 Å². The van der Waals surface area contributed by atoms with Gasteiger partial charge in [0.1, 0.15) is 0 Å². The molecule has 1 unspecified atom stereocenters. The summed E-state index contributed by atoms with van der Waals surface area (Å²) in [5, 5.41) is 12.3. The number of fused-ring (bicyclic) bond motifs is 1. The highest BCUT2D eigenvalue weighted by atomic mass is 16.5. The van der Waals surface area contributed by atoms with Crippen LogP contribution in [0, 0.1) is 11.8 Å². The second-order valence-electron chi connectivity index (χ2n) is 5.70. The summed E-state index contributed by atoms with van der Waals surface area (Å²) in [5.74, 6) is 7.15. The Bertz CT molecular complexity index is 923. The molecule has 3 aromatic rings. The average Bonchev–Trinajstić information content (AvgIpc) is 3.10. The van der Waals surface area contributed by atoms with Crippen LogP contribution in [0.25, 0.3) is 11.2 Å². The molecule has 26 heavy (non-hydrogen) atoms. The van der Waals surface area contributed by atoms with E-state index in [2.05, 4.69) is 32.1 Å². The molecule has 0 radical (unpaired) electrons. The first-order valence-corrected chi connectivity index (χ1v) is 8.36. The molecule has 0 fully saturated rings. The molecule has 0 aliphatic heterocycles. The van der Waals surface area contributed by atoms with E-state index in [1.807, 2.05) is 34.9 Å². The molecule has 134 valence electrons. The van der Waals surface area contributed by atoms with Crippen LogP contribution in [-0.2, 0) is 11.3 Å². The second-order valence-corrected chi connectivity index (χ2v) is 5.70. The molecule has 2 N–H and O–H groups in total. The quantitative estimate of drug-likeness (QED) is 0.657. The van der Waals surface area contributed by atoms with Crippen molar-refractivity contribution in [1.29, 1.82) is 0 Å². The summed E-state index contributed by atoms with van der Waals surface area (Å²) in [5.41, 5.74) is 2.30. The van der Waals surface area contributed by atoms with Crippen LogP contribution in [0.4, 0.5) is 5.82 Å². The molecule has 1 atom stereocenters. The van der Waals surface area contributed by atoms with Gasteiger partial charge in [0.25, 0.3) is 0 Å². The van der Waals surface area contributed by atoms with Gasteiger partial charge in [0.15, 0.2) is 17.0 Å². The van der Waals surface area contributed by atoms with Crippen molar-refractivity contribution in [2.24, 2.45) is 0 Å². The van der Waals surface area contributed by atoms with Gasteiger partial charge in [0.05, 0.1) is 19.0 Å². The molecule has 0 aliphatic carbocycles. The predicted molar refractivity (Wildman–Crippen MR) is 99.8 cm³/mol. The minimum Gasteiger partial charge on any atom is -0.394 e. The van der Waals surface area contributed by atoms with E-state index in [0.717, 1.165) is 5.56 Å². The number of methoxy groups -OCH3 is 1. The van der Waals surface area contributed by atoms with Crippen molar-refractivity contribution >= 4 is 17.0 Å². The molecule has 1 aromatic carbocycles. The Labute approximate surface area is 152 Å².